The van der Waals surface area contributed by atoms with E-state index >= 15 is 0 Å². The molecule has 0 aromatic carbocycles. The Balaban J connectivity index is 2.92. The van der Waals surface area contributed by atoms with Crippen LogP contribution in [0.25, 0.3) is 0 Å². The molecule has 0 heterocycles. The maximum absolute atomic E-state index is 2.36. The zero-order valence-corrected chi connectivity index (χ0v) is 10.9. The fraction of sp³-hybridized carbons (Fsp3) is 0.867. The zero-order chi connectivity index (χ0) is 11.2. The highest BCUT2D eigenvalue weighted by Gasteiger charge is 1.90. The Bertz CT molecular complexity index is 124. The molecule has 0 heteroatoms. The van der Waals surface area contributed by atoms with E-state index in [0.29, 0.717) is 0 Å². The summed E-state index contributed by atoms with van der Waals surface area (Å²) < 4.78 is 0. The minimum absolute atomic E-state index is 1.26. The molecule has 0 aromatic heterocycles. The van der Waals surface area contributed by atoms with Crippen LogP contribution < -0.4 is 0 Å². The van der Waals surface area contributed by atoms with Crippen molar-refractivity contribution in [3.05, 3.63) is 12.2 Å². The van der Waals surface area contributed by atoms with Gasteiger partial charge in [0.1, 0.15) is 0 Å². The summed E-state index contributed by atoms with van der Waals surface area (Å²) in [6, 6.07) is 0. The summed E-state index contributed by atoms with van der Waals surface area (Å²) in [7, 11) is 0. The summed E-state index contributed by atoms with van der Waals surface area (Å²) in [4.78, 5) is 0. The molecule has 0 nitrogen and oxygen atoms in total. The molecule has 0 rings (SSSR count). The van der Waals surface area contributed by atoms with Crippen LogP contribution in [0.1, 0.15) is 84.5 Å². The molecule has 0 aromatic rings. The van der Waals surface area contributed by atoms with E-state index in [4.69, 9.17) is 0 Å². The molecule has 0 radical (unpaired) electrons. The molecule has 0 fully saturated rings. The van der Waals surface area contributed by atoms with E-state index < -0.39 is 0 Å². The van der Waals surface area contributed by atoms with Crippen molar-refractivity contribution in [3.63, 3.8) is 0 Å². The first-order valence-electron chi connectivity index (χ1n) is 7.06. The summed E-state index contributed by atoms with van der Waals surface area (Å²) in [5.41, 5.74) is 0. The lowest BCUT2D eigenvalue weighted by molar-refractivity contribution is 0.577. The molecule has 0 aliphatic rings. The Labute approximate surface area is 97.2 Å². The second kappa shape index (κ2) is 13.7. The van der Waals surface area contributed by atoms with E-state index in [2.05, 4.69) is 26.0 Å². The maximum Gasteiger partial charge on any atom is -0.0351 e. The third-order valence-electron chi connectivity index (χ3n) is 2.85. The van der Waals surface area contributed by atoms with Crippen LogP contribution in [0.5, 0.6) is 0 Å². The Hall–Kier alpha value is -0.260. The van der Waals surface area contributed by atoms with Gasteiger partial charge in [-0.15, -0.1) is 0 Å². The van der Waals surface area contributed by atoms with Gasteiger partial charge >= 0.3 is 0 Å². The van der Waals surface area contributed by atoms with Crippen LogP contribution in [0.4, 0.5) is 0 Å². The number of hydrogen-bond donors (Lipinski definition) is 0. The van der Waals surface area contributed by atoms with Gasteiger partial charge < -0.3 is 0 Å². The number of allylic oxidation sites excluding steroid dienone is 2. The Kier molecular flexibility index (Phi) is 13.5. The van der Waals surface area contributed by atoms with Crippen molar-refractivity contribution in [3.8, 4) is 0 Å². The zero-order valence-electron chi connectivity index (χ0n) is 10.9. The Morgan fingerprint density at radius 3 is 1.67 bits per heavy atom. The molecular weight excluding hydrogens is 180 g/mol. The third kappa shape index (κ3) is 13.7. The minimum Gasteiger partial charge on any atom is -0.0885 e. The SMILES string of the molecule is CCC/C=C/CCCCCCCCCC. The first kappa shape index (κ1) is 14.7. The Morgan fingerprint density at radius 2 is 1.07 bits per heavy atom. The summed E-state index contributed by atoms with van der Waals surface area (Å²) in [6.07, 6.45) is 20.0. The quantitative estimate of drug-likeness (QED) is 0.295. The van der Waals surface area contributed by atoms with Gasteiger partial charge in [0, 0.05) is 0 Å². The van der Waals surface area contributed by atoms with Gasteiger partial charge in [-0.3, -0.25) is 0 Å². The summed E-state index contributed by atoms with van der Waals surface area (Å²) in [5.74, 6) is 0. The van der Waals surface area contributed by atoms with Gasteiger partial charge in [-0.2, -0.15) is 0 Å². The van der Waals surface area contributed by atoms with Gasteiger partial charge in [-0.05, 0) is 19.3 Å². The standard InChI is InChI=1S/C15H30/c1-3-5-7-9-11-13-15-14-12-10-8-6-4-2/h7,9H,3-6,8,10-15H2,1-2H3/b9-7+. The van der Waals surface area contributed by atoms with E-state index in [0.717, 1.165) is 0 Å². The average molecular weight is 210 g/mol. The molecule has 0 spiro atoms. The highest BCUT2D eigenvalue weighted by Crippen LogP contribution is 2.09. The molecular formula is C15H30. The van der Waals surface area contributed by atoms with Gasteiger partial charge in [0.25, 0.3) is 0 Å². The van der Waals surface area contributed by atoms with E-state index in [-0.39, 0.29) is 0 Å². The first-order chi connectivity index (χ1) is 7.41. The van der Waals surface area contributed by atoms with Gasteiger partial charge in [-0.1, -0.05) is 77.4 Å². The molecule has 0 aliphatic heterocycles. The van der Waals surface area contributed by atoms with Crippen molar-refractivity contribution in [2.24, 2.45) is 0 Å². The van der Waals surface area contributed by atoms with Crippen LogP contribution in [0, 0.1) is 0 Å². The van der Waals surface area contributed by atoms with Crippen LogP contribution in [0.3, 0.4) is 0 Å². The van der Waals surface area contributed by atoms with Gasteiger partial charge in [0.15, 0.2) is 0 Å². The largest absolute Gasteiger partial charge is 0.0885 e. The molecule has 90 valence electrons. The molecule has 0 bridgehead atoms. The molecule has 0 aliphatic carbocycles. The van der Waals surface area contributed by atoms with Crippen molar-refractivity contribution < 1.29 is 0 Å². The van der Waals surface area contributed by atoms with Crippen LogP contribution >= 0.6 is 0 Å². The van der Waals surface area contributed by atoms with Crippen LogP contribution in [0.2, 0.25) is 0 Å². The summed E-state index contributed by atoms with van der Waals surface area (Å²) >= 11 is 0. The predicted molar refractivity (Wildman–Crippen MR) is 71.3 cm³/mol. The Morgan fingerprint density at radius 1 is 0.533 bits per heavy atom. The summed E-state index contributed by atoms with van der Waals surface area (Å²) in [5, 5.41) is 0. The third-order valence-corrected chi connectivity index (χ3v) is 2.85. The highest BCUT2D eigenvalue weighted by molar-refractivity contribution is 4.80. The molecule has 0 atom stereocenters. The second-order valence-electron chi connectivity index (χ2n) is 4.52. The van der Waals surface area contributed by atoms with Gasteiger partial charge in [0.2, 0.25) is 0 Å². The smallest absolute Gasteiger partial charge is 0.0351 e. The highest BCUT2D eigenvalue weighted by atomic mass is 14.0. The first-order valence-corrected chi connectivity index (χ1v) is 7.06. The lowest BCUT2D eigenvalue weighted by atomic mass is 10.1. The average Bonchev–Trinajstić information content (AvgIpc) is 2.26. The minimum atomic E-state index is 1.26. The van der Waals surface area contributed by atoms with Gasteiger partial charge in [0.05, 0.1) is 0 Å². The van der Waals surface area contributed by atoms with Gasteiger partial charge in [-0.25, -0.2) is 0 Å². The molecule has 0 unspecified atom stereocenters. The van der Waals surface area contributed by atoms with Crippen molar-refractivity contribution in [1.82, 2.24) is 0 Å². The van der Waals surface area contributed by atoms with Crippen LogP contribution in [0.15, 0.2) is 12.2 Å². The number of rotatable bonds is 11. The van der Waals surface area contributed by atoms with Crippen LogP contribution in [-0.4, -0.2) is 0 Å². The van der Waals surface area contributed by atoms with Crippen molar-refractivity contribution >= 4 is 0 Å². The van der Waals surface area contributed by atoms with E-state index in [9.17, 15) is 0 Å². The second-order valence-corrected chi connectivity index (χ2v) is 4.52. The van der Waals surface area contributed by atoms with E-state index in [1.807, 2.05) is 0 Å². The molecule has 0 N–H and O–H groups in total. The number of unbranched alkanes of at least 4 members (excludes halogenated alkanes) is 9. The molecule has 0 saturated heterocycles. The lowest BCUT2D eigenvalue weighted by Gasteiger charge is -1.99. The van der Waals surface area contributed by atoms with Crippen molar-refractivity contribution in [2.45, 2.75) is 84.5 Å². The number of hydrogen-bond acceptors (Lipinski definition) is 0. The molecule has 15 heavy (non-hydrogen) atoms. The topological polar surface area (TPSA) is 0 Å². The van der Waals surface area contributed by atoms with Crippen LogP contribution in [-0.2, 0) is 0 Å². The lowest BCUT2D eigenvalue weighted by Crippen LogP contribution is -1.79. The summed E-state index contributed by atoms with van der Waals surface area (Å²) in [6.45, 7) is 4.52. The van der Waals surface area contributed by atoms with Crippen molar-refractivity contribution in [2.75, 3.05) is 0 Å². The maximum atomic E-state index is 2.36. The molecule has 0 saturated carbocycles. The van der Waals surface area contributed by atoms with Crippen molar-refractivity contribution in [1.29, 1.82) is 0 Å². The fourth-order valence-corrected chi connectivity index (χ4v) is 1.80. The molecule has 0 amide bonds. The van der Waals surface area contributed by atoms with E-state index in [1.54, 1.807) is 0 Å². The van der Waals surface area contributed by atoms with E-state index in [1.165, 1.54) is 70.6 Å². The fourth-order valence-electron chi connectivity index (χ4n) is 1.80. The predicted octanol–water partition coefficient (Wildman–Crippen LogP) is 5.87. The monoisotopic (exact) mass is 210 g/mol. The normalized spacial score (nSPS) is 11.3.